The third-order valence-corrected chi connectivity index (χ3v) is 2.76. The normalized spacial score (nSPS) is 10.6. The summed E-state index contributed by atoms with van der Waals surface area (Å²) in [5.74, 6) is 0.912. The van der Waals surface area contributed by atoms with Gasteiger partial charge in [0.15, 0.2) is 0 Å². The van der Waals surface area contributed by atoms with Gasteiger partial charge in [0, 0.05) is 32.4 Å². The molecule has 0 fully saturated rings. The molecule has 0 bridgehead atoms. The summed E-state index contributed by atoms with van der Waals surface area (Å²) < 4.78 is 0. The molecule has 1 heterocycles. The van der Waals surface area contributed by atoms with Gasteiger partial charge in [-0.1, -0.05) is 31.5 Å². The van der Waals surface area contributed by atoms with E-state index in [9.17, 15) is 0 Å². The minimum absolute atomic E-state index is 0.439. The van der Waals surface area contributed by atoms with Crippen LogP contribution in [0.2, 0.25) is 5.02 Å². The molecule has 1 aromatic heterocycles. The van der Waals surface area contributed by atoms with E-state index < -0.39 is 0 Å². The average molecular weight is 254 g/mol. The summed E-state index contributed by atoms with van der Waals surface area (Å²) in [7, 11) is 1.98. The monoisotopic (exact) mass is 253 g/mol. The molecule has 1 rings (SSSR count). The Labute approximate surface area is 108 Å². The molecular weight excluding hydrogens is 234 g/mol. The molecular formula is C13H20ClN3. The summed E-state index contributed by atoms with van der Waals surface area (Å²) in [4.78, 5) is 6.33. The van der Waals surface area contributed by atoms with Gasteiger partial charge in [0.25, 0.3) is 0 Å². The van der Waals surface area contributed by atoms with E-state index in [4.69, 9.17) is 11.6 Å². The molecule has 0 aromatic carbocycles. The molecule has 1 N–H and O–H groups in total. The lowest BCUT2D eigenvalue weighted by Crippen LogP contribution is -2.23. The standard InChI is InChI=1S/C13H20ClN3/c1-5-6-17(4)13-7-11(8-15-10(2)3)12(14)9-16-13/h5,7,9-10,15H,1,6,8H2,2-4H3. The Morgan fingerprint density at radius 3 is 2.88 bits per heavy atom. The van der Waals surface area contributed by atoms with E-state index in [0.717, 1.165) is 24.5 Å². The molecule has 3 nitrogen and oxygen atoms in total. The minimum Gasteiger partial charge on any atom is -0.356 e. The Balaban J connectivity index is 2.82. The van der Waals surface area contributed by atoms with Gasteiger partial charge >= 0.3 is 0 Å². The van der Waals surface area contributed by atoms with Crippen LogP contribution in [0, 0.1) is 0 Å². The van der Waals surface area contributed by atoms with Crippen molar-refractivity contribution in [3.05, 3.63) is 35.5 Å². The molecule has 94 valence electrons. The lowest BCUT2D eigenvalue weighted by molar-refractivity contribution is 0.588. The van der Waals surface area contributed by atoms with Gasteiger partial charge in [-0.05, 0) is 11.6 Å². The van der Waals surface area contributed by atoms with Gasteiger partial charge in [-0.25, -0.2) is 4.98 Å². The van der Waals surface area contributed by atoms with Gasteiger partial charge in [-0.2, -0.15) is 0 Å². The molecule has 17 heavy (non-hydrogen) atoms. The van der Waals surface area contributed by atoms with Gasteiger partial charge in [0.1, 0.15) is 5.82 Å². The maximum Gasteiger partial charge on any atom is 0.128 e. The number of anilines is 1. The second kappa shape index (κ2) is 6.62. The summed E-state index contributed by atoms with van der Waals surface area (Å²) in [6.45, 7) is 9.47. The maximum absolute atomic E-state index is 6.12. The van der Waals surface area contributed by atoms with Crippen LogP contribution in [0.15, 0.2) is 24.9 Å². The van der Waals surface area contributed by atoms with Crippen molar-refractivity contribution >= 4 is 17.4 Å². The first-order valence-electron chi connectivity index (χ1n) is 5.74. The van der Waals surface area contributed by atoms with Crippen molar-refractivity contribution in [2.24, 2.45) is 0 Å². The van der Waals surface area contributed by atoms with Crippen molar-refractivity contribution in [1.82, 2.24) is 10.3 Å². The van der Waals surface area contributed by atoms with E-state index in [0.29, 0.717) is 11.1 Å². The Morgan fingerprint density at radius 2 is 2.29 bits per heavy atom. The van der Waals surface area contributed by atoms with Crippen LogP contribution in [0.25, 0.3) is 0 Å². The molecule has 0 spiro atoms. The molecule has 0 saturated heterocycles. The fraction of sp³-hybridized carbons (Fsp3) is 0.462. The van der Waals surface area contributed by atoms with Crippen LogP contribution in [0.4, 0.5) is 5.82 Å². The highest BCUT2D eigenvalue weighted by atomic mass is 35.5. The molecule has 0 unspecified atom stereocenters. The van der Waals surface area contributed by atoms with Crippen molar-refractivity contribution in [3.8, 4) is 0 Å². The molecule has 1 aromatic rings. The van der Waals surface area contributed by atoms with Crippen molar-refractivity contribution in [3.63, 3.8) is 0 Å². The zero-order valence-electron chi connectivity index (χ0n) is 10.7. The summed E-state index contributed by atoms with van der Waals surface area (Å²) in [6, 6.07) is 2.45. The fourth-order valence-corrected chi connectivity index (χ4v) is 1.58. The topological polar surface area (TPSA) is 28.2 Å². The van der Waals surface area contributed by atoms with E-state index >= 15 is 0 Å². The summed E-state index contributed by atoms with van der Waals surface area (Å²) in [5.41, 5.74) is 1.07. The highest BCUT2D eigenvalue weighted by molar-refractivity contribution is 6.31. The minimum atomic E-state index is 0.439. The van der Waals surface area contributed by atoms with Gasteiger partial charge in [-0.3, -0.25) is 0 Å². The third kappa shape index (κ3) is 4.36. The first-order chi connectivity index (χ1) is 8.04. The van der Waals surface area contributed by atoms with Crippen LogP contribution in [0.5, 0.6) is 0 Å². The van der Waals surface area contributed by atoms with Crippen LogP contribution >= 0.6 is 11.6 Å². The van der Waals surface area contributed by atoms with E-state index in [2.05, 4.69) is 30.7 Å². The van der Waals surface area contributed by atoms with Crippen LogP contribution in [0.1, 0.15) is 19.4 Å². The lowest BCUT2D eigenvalue weighted by atomic mass is 10.2. The predicted molar refractivity (Wildman–Crippen MR) is 74.7 cm³/mol. The van der Waals surface area contributed by atoms with E-state index in [-0.39, 0.29) is 0 Å². The average Bonchev–Trinajstić information content (AvgIpc) is 2.28. The van der Waals surface area contributed by atoms with Gasteiger partial charge in [-0.15, -0.1) is 6.58 Å². The van der Waals surface area contributed by atoms with Crippen LogP contribution in [-0.4, -0.2) is 24.6 Å². The molecule has 4 heteroatoms. The first kappa shape index (κ1) is 14.0. The first-order valence-corrected chi connectivity index (χ1v) is 6.12. The molecule has 0 aliphatic heterocycles. The summed E-state index contributed by atoms with van der Waals surface area (Å²) >= 11 is 6.12. The number of aromatic nitrogens is 1. The Kier molecular flexibility index (Phi) is 5.45. The molecule has 0 saturated carbocycles. The number of rotatable bonds is 6. The highest BCUT2D eigenvalue weighted by Gasteiger charge is 2.06. The molecule has 0 aliphatic rings. The Morgan fingerprint density at radius 1 is 1.59 bits per heavy atom. The van der Waals surface area contributed by atoms with Crippen LogP contribution in [0.3, 0.4) is 0 Å². The van der Waals surface area contributed by atoms with E-state index in [1.165, 1.54) is 0 Å². The zero-order chi connectivity index (χ0) is 12.8. The summed E-state index contributed by atoms with van der Waals surface area (Å²) in [5, 5.41) is 4.05. The number of nitrogens with zero attached hydrogens (tertiary/aromatic N) is 2. The van der Waals surface area contributed by atoms with Crippen LogP contribution < -0.4 is 10.2 Å². The quantitative estimate of drug-likeness (QED) is 0.791. The number of halogens is 1. The molecule has 0 atom stereocenters. The van der Waals surface area contributed by atoms with E-state index in [1.54, 1.807) is 6.20 Å². The van der Waals surface area contributed by atoms with Crippen molar-refractivity contribution in [2.75, 3.05) is 18.5 Å². The third-order valence-electron chi connectivity index (χ3n) is 2.42. The second-order valence-electron chi connectivity index (χ2n) is 4.34. The Bertz CT molecular complexity index is 377. The SMILES string of the molecule is C=CCN(C)c1cc(CNC(C)C)c(Cl)cn1. The fourth-order valence-electron chi connectivity index (χ4n) is 1.41. The van der Waals surface area contributed by atoms with Crippen molar-refractivity contribution < 1.29 is 0 Å². The number of likely N-dealkylation sites (N-methyl/N-ethyl adjacent to an activating group) is 1. The van der Waals surface area contributed by atoms with Crippen molar-refractivity contribution in [1.29, 1.82) is 0 Å². The van der Waals surface area contributed by atoms with E-state index in [1.807, 2.05) is 24.1 Å². The Hall–Kier alpha value is -1.06. The summed E-state index contributed by atoms with van der Waals surface area (Å²) in [6.07, 6.45) is 3.55. The second-order valence-corrected chi connectivity index (χ2v) is 4.75. The maximum atomic E-state index is 6.12. The number of hydrogen-bond acceptors (Lipinski definition) is 3. The van der Waals surface area contributed by atoms with Gasteiger partial charge in [0.05, 0.1) is 5.02 Å². The lowest BCUT2D eigenvalue weighted by Gasteiger charge is -2.17. The van der Waals surface area contributed by atoms with Crippen LogP contribution in [-0.2, 0) is 6.54 Å². The number of pyridine rings is 1. The van der Waals surface area contributed by atoms with Gasteiger partial charge in [0.2, 0.25) is 0 Å². The molecule has 0 amide bonds. The highest BCUT2D eigenvalue weighted by Crippen LogP contribution is 2.19. The molecule has 0 radical (unpaired) electrons. The number of hydrogen-bond donors (Lipinski definition) is 1. The predicted octanol–water partition coefficient (Wildman–Crippen LogP) is 2.86. The molecule has 0 aliphatic carbocycles. The largest absolute Gasteiger partial charge is 0.356 e. The zero-order valence-corrected chi connectivity index (χ0v) is 11.5. The smallest absolute Gasteiger partial charge is 0.128 e. The van der Waals surface area contributed by atoms with Gasteiger partial charge < -0.3 is 10.2 Å². The number of nitrogens with one attached hydrogen (secondary N) is 1. The van der Waals surface area contributed by atoms with Crippen molar-refractivity contribution in [2.45, 2.75) is 26.4 Å².